The summed E-state index contributed by atoms with van der Waals surface area (Å²) in [6, 6.07) is 13.3. The van der Waals surface area contributed by atoms with Crippen LogP contribution in [0.1, 0.15) is 12.0 Å². The Kier molecular flexibility index (Phi) is 5.77. The molecule has 7 heteroatoms. The normalized spacial score (nSPS) is 9.71. The topological polar surface area (TPSA) is 91.2 Å². The van der Waals surface area contributed by atoms with E-state index in [-0.39, 0.29) is 6.42 Å². The molecule has 0 aliphatic heterocycles. The van der Waals surface area contributed by atoms with Crippen LogP contribution in [0, 0.1) is 11.3 Å². The molecule has 0 atom stereocenters. The fourth-order valence-corrected chi connectivity index (χ4v) is 2.24. The first-order valence-corrected chi connectivity index (χ1v) is 7.33. The predicted molar refractivity (Wildman–Crippen MR) is 91.0 cm³/mol. The number of hydrogen-bond donors (Lipinski definition) is 2. The molecular formula is C17H14ClN3O3. The molecule has 0 saturated carbocycles. The average molecular weight is 344 g/mol. The number of amides is 2. The molecule has 2 N–H and O–H groups in total. The van der Waals surface area contributed by atoms with Gasteiger partial charge in [0.1, 0.15) is 18.2 Å². The number of carbonyl (C=O) groups is 2. The predicted octanol–water partition coefficient (Wildman–Crippen LogP) is 3.19. The number of nitrogens with one attached hydrogen (secondary N) is 2. The highest BCUT2D eigenvalue weighted by atomic mass is 35.5. The van der Waals surface area contributed by atoms with Crippen LogP contribution in [0.5, 0.6) is 5.75 Å². The van der Waals surface area contributed by atoms with Gasteiger partial charge in [0, 0.05) is 5.69 Å². The largest absolute Gasteiger partial charge is 0.495 e. The molecule has 2 rings (SSSR count). The summed E-state index contributed by atoms with van der Waals surface area (Å²) in [5, 5.41) is 14.4. The van der Waals surface area contributed by atoms with E-state index in [1.54, 1.807) is 36.4 Å². The third kappa shape index (κ3) is 4.48. The van der Waals surface area contributed by atoms with Gasteiger partial charge in [-0.25, -0.2) is 0 Å². The summed E-state index contributed by atoms with van der Waals surface area (Å²) in [4.78, 5) is 23.8. The zero-order valence-corrected chi connectivity index (χ0v) is 13.6. The van der Waals surface area contributed by atoms with E-state index >= 15 is 0 Å². The third-order valence-corrected chi connectivity index (χ3v) is 3.37. The van der Waals surface area contributed by atoms with Crippen molar-refractivity contribution in [1.29, 1.82) is 5.26 Å². The van der Waals surface area contributed by atoms with Gasteiger partial charge in [0.15, 0.2) is 0 Å². The highest BCUT2D eigenvalue weighted by Crippen LogP contribution is 2.27. The number of nitriles is 1. The van der Waals surface area contributed by atoms with Crippen LogP contribution < -0.4 is 15.4 Å². The van der Waals surface area contributed by atoms with Gasteiger partial charge < -0.3 is 15.4 Å². The Morgan fingerprint density at radius 2 is 1.88 bits per heavy atom. The Bertz CT molecular complexity index is 815. The molecule has 0 aromatic heterocycles. The summed E-state index contributed by atoms with van der Waals surface area (Å²) in [7, 11) is 1.49. The number of anilines is 2. The van der Waals surface area contributed by atoms with Crippen molar-refractivity contribution < 1.29 is 14.3 Å². The van der Waals surface area contributed by atoms with Crippen LogP contribution in [-0.4, -0.2) is 18.9 Å². The molecule has 0 heterocycles. The first-order chi connectivity index (χ1) is 11.5. The van der Waals surface area contributed by atoms with Crippen molar-refractivity contribution in [1.82, 2.24) is 0 Å². The number of methoxy groups -OCH3 is 1. The minimum Gasteiger partial charge on any atom is -0.495 e. The van der Waals surface area contributed by atoms with Gasteiger partial charge in [0.25, 0.3) is 0 Å². The number of para-hydroxylation sites is 1. The van der Waals surface area contributed by atoms with Crippen molar-refractivity contribution >= 4 is 34.8 Å². The maximum Gasteiger partial charge on any atom is 0.233 e. The minimum atomic E-state index is -0.519. The monoisotopic (exact) mass is 343 g/mol. The molecule has 2 aromatic carbocycles. The lowest BCUT2D eigenvalue weighted by Gasteiger charge is -2.09. The van der Waals surface area contributed by atoms with Crippen molar-refractivity contribution in [3.63, 3.8) is 0 Å². The van der Waals surface area contributed by atoms with Crippen molar-refractivity contribution in [2.75, 3.05) is 17.7 Å². The van der Waals surface area contributed by atoms with E-state index in [0.717, 1.165) is 0 Å². The van der Waals surface area contributed by atoms with Crippen LogP contribution in [0.3, 0.4) is 0 Å². The Labute approximate surface area is 144 Å². The standard InChI is InChI=1S/C17H14ClN3O3/c1-24-15-7-6-12(8-13(15)18)20-16(22)9-17(23)21-14-5-3-2-4-11(14)10-19/h2-8H,9H2,1H3,(H,20,22)(H,21,23). The van der Waals surface area contributed by atoms with Crippen molar-refractivity contribution in [2.24, 2.45) is 0 Å². The molecule has 122 valence electrons. The van der Waals surface area contributed by atoms with Gasteiger partial charge >= 0.3 is 0 Å². The maximum atomic E-state index is 11.9. The summed E-state index contributed by atoms with van der Waals surface area (Å²) >= 11 is 5.97. The minimum absolute atomic E-state index is 0.327. The summed E-state index contributed by atoms with van der Waals surface area (Å²) < 4.78 is 5.02. The van der Waals surface area contributed by atoms with Crippen LogP contribution in [0.25, 0.3) is 0 Å². The number of ether oxygens (including phenoxy) is 1. The van der Waals surface area contributed by atoms with Crippen molar-refractivity contribution in [3.05, 3.63) is 53.1 Å². The van der Waals surface area contributed by atoms with E-state index < -0.39 is 11.8 Å². The molecular weight excluding hydrogens is 330 g/mol. The molecule has 0 aliphatic rings. The van der Waals surface area contributed by atoms with E-state index in [1.165, 1.54) is 13.2 Å². The maximum absolute atomic E-state index is 11.9. The molecule has 0 bridgehead atoms. The van der Waals surface area contributed by atoms with Crippen molar-refractivity contribution in [3.8, 4) is 11.8 Å². The zero-order valence-electron chi connectivity index (χ0n) is 12.8. The molecule has 0 unspecified atom stereocenters. The number of halogens is 1. The van der Waals surface area contributed by atoms with Gasteiger partial charge in [-0.3, -0.25) is 9.59 Å². The van der Waals surface area contributed by atoms with Gasteiger partial charge in [-0.15, -0.1) is 0 Å². The molecule has 24 heavy (non-hydrogen) atoms. The molecule has 0 spiro atoms. The highest BCUT2D eigenvalue weighted by Gasteiger charge is 2.12. The first-order valence-electron chi connectivity index (χ1n) is 6.96. The summed E-state index contributed by atoms with van der Waals surface area (Å²) in [6.45, 7) is 0. The van der Waals surface area contributed by atoms with E-state index in [1.807, 2.05) is 6.07 Å². The zero-order chi connectivity index (χ0) is 17.5. The van der Waals surface area contributed by atoms with E-state index in [0.29, 0.717) is 27.7 Å². The van der Waals surface area contributed by atoms with Crippen molar-refractivity contribution in [2.45, 2.75) is 6.42 Å². The third-order valence-electron chi connectivity index (χ3n) is 3.08. The molecule has 2 amide bonds. The summed E-state index contributed by atoms with van der Waals surface area (Å²) in [5.74, 6) is -0.529. The number of carbonyl (C=O) groups excluding carboxylic acids is 2. The smallest absolute Gasteiger partial charge is 0.233 e. The second kappa shape index (κ2) is 7.99. The number of benzene rings is 2. The first kappa shape index (κ1) is 17.3. The molecule has 0 radical (unpaired) electrons. The van der Waals surface area contributed by atoms with Crippen LogP contribution in [-0.2, 0) is 9.59 Å². The number of hydrogen-bond acceptors (Lipinski definition) is 4. The second-order valence-corrected chi connectivity index (χ2v) is 5.19. The van der Waals surface area contributed by atoms with Gasteiger partial charge in [-0.05, 0) is 30.3 Å². The molecule has 0 fully saturated rings. The lowest BCUT2D eigenvalue weighted by molar-refractivity contribution is -0.123. The van der Waals surface area contributed by atoms with Crippen LogP contribution >= 0.6 is 11.6 Å². The molecule has 0 aliphatic carbocycles. The van der Waals surface area contributed by atoms with Gasteiger partial charge in [-0.2, -0.15) is 5.26 Å². The van der Waals surface area contributed by atoms with Crippen LogP contribution in [0.15, 0.2) is 42.5 Å². The van der Waals surface area contributed by atoms with E-state index in [4.69, 9.17) is 21.6 Å². The number of rotatable bonds is 5. The number of nitrogens with zero attached hydrogens (tertiary/aromatic N) is 1. The molecule has 2 aromatic rings. The van der Waals surface area contributed by atoms with Gasteiger partial charge in [-0.1, -0.05) is 23.7 Å². The highest BCUT2D eigenvalue weighted by molar-refractivity contribution is 6.32. The summed E-state index contributed by atoms with van der Waals surface area (Å²) in [5.41, 5.74) is 1.15. The Hall–Kier alpha value is -3.04. The summed E-state index contributed by atoms with van der Waals surface area (Å²) in [6.07, 6.45) is -0.386. The quantitative estimate of drug-likeness (QED) is 0.815. The Morgan fingerprint density at radius 3 is 2.54 bits per heavy atom. The molecule has 0 saturated heterocycles. The van der Waals surface area contributed by atoms with Gasteiger partial charge in [0.2, 0.25) is 11.8 Å². The molecule has 6 nitrogen and oxygen atoms in total. The van der Waals surface area contributed by atoms with Gasteiger partial charge in [0.05, 0.1) is 23.4 Å². The Morgan fingerprint density at radius 1 is 1.17 bits per heavy atom. The van der Waals surface area contributed by atoms with Crippen LogP contribution in [0.4, 0.5) is 11.4 Å². The SMILES string of the molecule is COc1ccc(NC(=O)CC(=O)Nc2ccccc2C#N)cc1Cl. The fourth-order valence-electron chi connectivity index (χ4n) is 1.98. The lowest BCUT2D eigenvalue weighted by atomic mass is 10.2. The fraction of sp³-hybridized carbons (Fsp3) is 0.118. The average Bonchev–Trinajstić information content (AvgIpc) is 2.55. The lowest BCUT2D eigenvalue weighted by Crippen LogP contribution is -2.21. The van der Waals surface area contributed by atoms with E-state index in [2.05, 4.69) is 10.6 Å². The van der Waals surface area contributed by atoms with E-state index in [9.17, 15) is 9.59 Å². The Balaban J connectivity index is 1.96. The second-order valence-electron chi connectivity index (χ2n) is 4.78. The van der Waals surface area contributed by atoms with Crippen LogP contribution in [0.2, 0.25) is 5.02 Å².